The number of aromatic nitrogens is 1. The van der Waals surface area contributed by atoms with Crippen LogP contribution in [0.25, 0.3) is 0 Å². The van der Waals surface area contributed by atoms with Crippen LogP contribution in [0.1, 0.15) is 32.1 Å². The Bertz CT molecular complexity index is 344. The third-order valence-electron chi connectivity index (χ3n) is 3.01. The summed E-state index contributed by atoms with van der Waals surface area (Å²) >= 11 is 12.4. The van der Waals surface area contributed by atoms with Gasteiger partial charge in [0.2, 0.25) is 0 Å². The fourth-order valence-corrected chi connectivity index (χ4v) is 2.61. The first-order chi connectivity index (χ1) is 7.77. The molecule has 0 aliphatic heterocycles. The number of pyridine rings is 1. The van der Waals surface area contributed by atoms with Crippen molar-refractivity contribution in [2.75, 3.05) is 5.32 Å². The summed E-state index contributed by atoms with van der Waals surface area (Å²) in [5, 5.41) is 4.21. The molecule has 0 saturated heterocycles. The number of anilines is 1. The average molecular weight is 259 g/mol. The van der Waals surface area contributed by atoms with E-state index in [0.717, 1.165) is 18.7 Å². The predicted molar refractivity (Wildman–Crippen MR) is 69.4 cm³/mol. The van der Waals surface area contributed by atoms with Crippen molar-refractivity contribution in [3.63, 3.8) is 0 Å². The highest BCUT2D eigenvalue weighted by molar-refractivity contribution is 6.32. The molecule has 4 heteroatoms. The Morgan fingerprint density at radius 1 is 1.25 bits per heavy atom. The van der Waals surface area contributed by atoms with Crippen LogP contribution in [-0.2, 0) is 0 Å². The van der Waals surface area contributed by atoms with Gasteiger partial charge in [-0.15, -0.1) is 11.6 Å². The first-order valence-corrected chi connectivity index (χ1v) is 6.60. The summed E-state index contributed by atoms with van der Waals surface area (Å²) in [6, 6.07) is 3.96. The van der Waals surface area contributed by atoms with E-state index in [1.165, 1.54) is 19.3 Å². The van der Waals surface area contributed by atoms with Gasteiger partial charge in [0, 0.05) is 12.2 Å². The molecule has 88 valence electrons. The molecule has 0 radical (unpaired) electrons. The van der Waals surface area contributed by atoms with E-state index >= 15 is 0 Å². The van der Waals surface area contributed by atoms with E-state index in [4.69, 9.17) is 23.2 Å². The van der Waals surface area contributed by atoms with E-state index in [9.17, 15) is 0 Å². The minimum atomic E-state index is 0.181. The highest BCUT2D eigenvalue weighted by Gasteiger charge is 2.22. The summed E-state index contributed by atoms with van der Waals surface area (Å²) in [5.74, 6) is 0.752. The van der Waals surface area contributed by atoms with Crippen molar-refractivity contribution in [1.29, 1.82) is 0 Å². The number of nitrogens with one attached hydrogen (secondary N) is 1. The maximum absolute atomic E-state index is 6.36. The molecule has 0 amide bonds. The second kappa shape index (κ2) is 5.74. The van der Waals surface area contributed by atoms with E-state index in [0.29, 0.717) is 5.02 Å². The molecule has 2 unspecified atom stereocenters. The summed E-state index contributed by atoms with van der Waals surface area (Å²) in [4.78, 5) is 4.24. The quantitative estimate of drug-likeness (QED) is 0.639. The molecular formula is C12H16Cl2N2. The molecule has 1 heterocycles. The smallest absolute Gasteiger partial charge is 0.145 e. The second-order valence-electron chi connectivity index (χ2n) is 4.24. The van der Waals surface area contributed by atoms with Gasteiger partial charge in [0.1, 0.15) is 5.82 Å². The molecule has 1 fully saturated rings. The summed E-state index contributed by atoms with van der Waals surface area (Å²) in [7, 11) is 0. The van der Waals surface area contributed by atoms with Gasteiger partial charge in [0.05, 0.1) is 10.4 Å². The van der Waals surface area contributed by atoms with E-state index in [2.05, 4.69) is 10.3 Å². The zero-order valence-electron chi connectivity index (χ0n) is 9.13. The molecular weight excluding hydrogens is 243 g/mol. The van der Waals surface area contributed by atoms with Crippen molar-refractivity contribution in [2.24, 2.45) is 0 Å². The van der Waals surface area contributed by atoms with Crippen LogP contribution in [0.4, 0.5) is 5.82 Å². The molecule has 1 saturated carbocycles. The van der Waals surface area contributed by atoms with Gasteiger partial charge in [0.15, 0.2) is 0 Å². The van der Waals surface area contributed by atoms with Crippen molar-refractivity contribution >= 4 is 29.0 Å². The Kier molecular flexibility index (Phi) is 4.30. The molecule has 2 rings (SSSR count). The second-order valence-corrected chi connectivity index (χ2v) is 5.21. The molecule has 1 aliphatic carbocycles. The minimum absolute atomic E-state index is 0.181. The number of hydrogen-bond acceptors (Lipinski definition) is 2. The Balaban J connectivity index is 2.05. The Labute approximate surface area is 106 Å². The normalized spacial score (nSPS) is 26.1. The molecule has 1 aromatic rings. The van der Waals surface area contributed by atoms with E-state index in [-0.39, 0.29) is 11.4 Å². The summed E-state index contributed by atoms with van der Waals surface area (Å²) < 4.78 is 0. The molecule has 16 heavy (non-hydrogen) atoms. The Morgan fingerprint density at radius 2 is 2.06 bits per heavy atom. The molecule has 2 nitrogen and oxygen atoms in total. The van der Waals surface area contributed by atoms with Crippen LogP contribution in [0.5, 0.6) is 0 Å². The molecule has 0 spiro atoms. The summed E-state index contributed by atoms with van der Waals surface area (Å²) in [6.07, 6.45) is 7.64. The number of hydrogen-bond donors (Lipinski definition) is 1. The third-order valence-corrected chi connectivity index (χ3v) is 3.84. The number of rotatable bonds is 2. The molecule has 0 aromatic carbocycles. The molecule has 1 N–H and O–H groups in total. The fourth-order valence-electron chi connectivity index (χ4n) is 2.09. The Morgan fingerprint density at radius 3 is 2.88 bits per heavy atom. The molecule has 1 aromatic heterocycles. The SMILES string of the molecule is Clc1cccnc1NC1CCCCCC1Cl. The largest absolute Gasteiger partial charge is 0.365 e. The first kappa shape index (κ1) is 12.0. The van der Waals surface area contributed by atoms with Crippen LogP contribution < -0.4 is 5.32 Å². The van der Waals surface area contributed by atoms with Crippen LogP contribution >= 0.6 is 23.2 Å². The van der Waals surface area contributed by atoms with Gasteiger partial charge in [-0.2, -0.15) is 0 Å². The van der Waals surface area contributed by atoms with Crippen molar-refractivity contribution < 1.29 is 0 Å². The van der Waals surface area contributed by atoms with Crippen LogP contribution in [-0.4, -0.2) is 16.4 Å². The standard InChI is InChI=1S/C12H16Cl2N2/c13-9-5-2-1-3-7-11(9)16-12-10(14)6-4-8-15-12/h4,6,8-9,11H,1-3,5,7H2,(H,15,16). The zero-order valence-corrected chi connectivity index (χ0v) is 10.6. The Hall–Kier alpha value is -0.470. The van der Waals surface area contributed by atoms with Crippen LogP contribution in [0.3, 0.4) is 0 Å². The molecule has 2 atom stereocenters. The van der Waals surface area contributed by atoms with Gasteiger partial charge in [-0.3, -0.25) is 0 Å². The highest BCUT2D eigenvalue weighted by Crippen LogP contribution is 2.27. The maximum Gasteiger partial charge on any atom is 0.145 e. The lowest BCUT2D eigenvalue weighted by Gasteiger charge is -2.22. The van der Waals surface area contributed by atoms with Crippen molar-refractivity contribution in [2.45, 2.75) is 43.5 Å². The lowest BCUT2D eigenvalue weighted by Crippen LogP contribution is -2.29. The molecule has 1 aliphatic rings. The van der Waals surface area contributed by atoms with Gasteiger partial charge >= 0.3 is 0 Å². The zero-order chi connectivity index (χ0) is 11.4. The predicted octanol–water partition coefficient (Wildman–Crippen LogP) is 4.09. The van der Waals surface area contributed by atoms with E-state index in [1.807, 2.05) is 12.1 Å². The number of alkyl halides is 1. The lowest BCUT2D eigenvalue weighted by molar-refractivity contribution is 0.625. The number of halogens is 2. The van der Waals surface area contributed by atoms with E-state index < -0.39 is 0 Å². The minimum Gasteiger partial charge on any atom is -0.365 e. The maximum atomic E-state index is 6.36. The van der Waals surface area contributed by atoms with Crippen molar-refractivity contribution in [3.05, 3.63) is 23.4 Å². The van der Waals surface area contributed by atoms with Gasteiger partial charge in [-0.05, 0) is 25.0 Å². The van der Waals surface area contributed by atoms with Crippen LogP contribution in [0.2, 0.25) is 5.02 Å². The van der Waals surface area contributed by atoms with Crippen molar-refractivity contribution in [3.8, 4) is 0 Å². The average Bonchev–Trinajstić information content (AvgIpc) is 2.48. The first-order valence-electron chi connectivity index (χ1n) is 5.78. The third kappa shape index (κ3) is 3.02. The van der Waals surface area contributed by atoms with Gasteiger partial charge in [-0.1, -0.05) is 30.9 Å². The van der Waals surface area contributed by atoms with E-state index in [1.54, 1.807) is 6.20 Å². The lowest BCUT2D eigenvalue weighted by atomic mass is 10.1. The topological polar surface area (TPSA) is 24.9 Å². The fraction of sp³-hybridized carbons (Fsp3) is 0.583. The van der Waals surface area contributed by atoms with Crippen molar-refractivity contribution in [1.82, 2.24) is 4.98 Å². The number of nitrogens with zero attached hydrogens (tertiary/aromatic N) is 1. The van der Waals surface area contributed by atoms with Gasteiger partial charge < -0.3 is 5.32 Å². The monoisotopic (exact) mass is 258 g/mol. The molecule has 0 bridgehead atoms. The highest BCUT2D eigenvalue weighted by atomic mass is 35.5. The van der Waals surface area contributed by atoms with Crippen LogP contribution in [0.15, 0.2) is 18.3 Å². The van der Waals surface area contributed by atoms with Gasteiger partial charge in [-0.25, -0.2) is 4.98 Å². The summed E-state index contributed by atoms with van der Waals surface area (Å²) in [6.45, 7) is 0. The van der Waals surface area contributed by atoms with Crippen LogP contribution in [0, 0.1) is 0 Å². The summed E-state index contributed by atoms with van der Waals surface area (Å²) in [5.41, 5.74) is 0. The van der Waals surface area contributed by atoms with Gasteiger partial charge in [0.25, 0.3) is 0 Å².